The van der Waals surface area contributed by atoms with Gasteiger partial charge in [0.2, 0.25) is 0 Å². The third-order valence-electron chi connectivity index (χ3n) is 15.9. The van der Waals surface area contributed by atoms with E-state index in [-0.39, 0.29) is 38.6 Å². The first-order valence-electron chi connectivity index (χ1n) is 37.3. The zero-order valence-electron chi connectivity index (χ0n) is 59.4. The monoisotopic (exact) mass is 1270 g/mol. The largest absolute Gasteiger partial charge is 0.545 e. The first-order valence-corrected chi connectivity index (χ1v) is 37.3. The van der Waals surface area contributed by atoms with Gasteiger partial charge in [0.05, 0.1) is 40.3 Å². The highest BCUT2D eigenvalue weighted by Crippen LogP contribution is 2.17. The number of likely N-dealkylation sites (N-methyl/N-ethyl adjacent to an activating group) is 1. The van der Waals surface area contributed by atoms with Crippen LogP contribution in [0.5, 0.6) is 0 Å². The minimum absolute atomic E-state index is 0.137. The Morgan fingerprint density at radius 1 is 0.341 bits per heavy atom. The van der Waals surface area contributed by atoms with Crippen molar-refractivity contribution in [1.82, 2.24) is 0 Å². The lowest BCUT2D eigenvalue weighted by atomic mass is 10.0. The molecular formula is C82H139NO8. The van der Waals surface area contributed by atoms with Crippen LogP contribution in [0.4, 0.5) is 0 Å². The maximum Gasteiger partial charge on any atom is 0.306 e. The maximum atomic E-state index is 12.9. The number of hydrogen-bond acceptors (Lipinski definition) is 8. The number of allylic oxidation sites excluding steroid dienone is 22. The summed E-state index contributed by atoms with van der Waals surface area (Å²) in [5.41, 5.74) is 0. The summed E-state index contributed by atoms with van der Waals surface area (Å²) in [5, 5.41) is 11.8. The number of rotatable bonds is 68. The van der Waals surface area contributed by atoms with Crippen molar-refractivity contribution in [1.29, 1.82) is 0 Å². The molecule has 520 valence electrons. The standard InChI is InChI=1S/C82H139NO8/c1-6-8-10-12-14-16-18-20-22-24-26-28-30-32-34-36-38-39-40-41-43-45-47-49-51-53-55-57-59-61-63-65-67-69-71-73-80(85)91-78(77-90-82(81(86)87)88-75-74-83(3,4)5)76-89-79(84)72-70-68-66-64-62-60-58-56-54-52-50-48-46-44-42-37-35-33-31-29-27-25-23-21-19-17-15-13-11-9-7-2/h8,10,14,16,20,22,25-28,32,34,38-39,41,43,47,49,53,55,59,61,78,82H,6-7,9,11-13,15,17-19,21,23-24,29-31,33,35-37,40,42,44-46,48,50-52,54,56-58,60,62-77H2,1-5H3/b10-8-,16-14-,22-20-,27-25-,28-26-,34-32-,39-38-,43-41-,49-47-,55-53-,61-59-. The Kier molecular flexibility index (Phi) is 67.7. The van der Waals surface area contributed by atoms with Gasteiger partial charge in [-0.3, -0.25) is 9.59 Å². The number of carboxylic acids is 1. The molecule has 0 aromatic heterocycles. The van der Waals surface area contributed by atoms with Crippen LogP contribution in [0.3, 0.4) is 0 Å². The van der Waals surface area contributed by atoms with Gasteiger partial charge in [0.1, 0.15) is 13.2 Å². The molecule has 0 bridgehead atoms. The van der Waals surface area contributed by atoms with E-state index in [2.05, 4.69) is 148 Å². The lowest BCUT2D eigenvalue weighted by molar-refractivity contribution is -0.870. The molecule has 91 heavy (non-hydrogen) atoms. The molecule has 0 saturated heterocycles. The van der Waals surface area contributed by atoms with Crippen molar-refractivity contribution in [2.45, 2.75) is 322 Å². The zero-order chi connectivity index (χ0) is 66.1. The summed E-state index contributed by atoms with van der Waals surface area (Å²) < 4.78 is 22.8. The lowest BCUT2D eigenvalue weighted by Crippen LogP contribution is -2.44. The van der Waals surface area contributed by atoms with Crippen molar-refractivity contribution in [2.75, 3.05) is 47.5 Å². The van der Waals surface area contributed by atoms with Crippen LogP contribution in [0.2, 0.25) is 0 Å². The van der Waals surface area contributed by atoms with Gasteiger partial charge in [-0.25, -0.2) is 0 Å². The van der Waals surface area contributed by atoms with Crippen LogP contribution in [0.1, 0.15) is 309 Å². The highest BCUT2D eigenvalue weighted by molar-refractivity contribution is 5.70. The van der Waals surface area contributed by atoms with E-state index in [1.165, 1.54) is 167 Å². The van der Waals surface area contributed by atoms with Gasteiger partial charge in [0.15, 0.2) is 12.4 Å². The molecule has 0 radical (unpaired) electrons. The van der Waals surface area contributed by atoms with Gasteiger partial charge in [-0.2, -0.15) is 0 Å². The topological polar surface area (TPSA) is 111 Å². The number of nitrogens with zero attached hydrogens (tertiary/aromatic N) is 1. The number of esters is 2. The van der Waals surface area contributed by atoms with E-state index in [0.717, 1.165) is 109 Å². The molecule has 0 N–H and O–H groups in total. The Bertz CT molecular complexity index is 1960. The van der Waals surface area contributed by atoms with E-state index in [4.69, 9.17) is 18.9 Å². The summed E-state index contributed by atoms with van der Waals surface area (Å²) >= 11 is 0. The molecule has 0 heterocycles. The van der Waals surface area contributed by atoms with E-state index >= 15 is 0 Å². The molecule has 0 saturated carbocycles. The predicted octanol–water partition coefficient (Wildman–Crippen LogP) is 22.4. The molecule has 9 nitrogen and oxygen atoms in total. The highest BCUT2D eigenvalue weighted by atomic mass is 16.7. The predicted molar refractivity (Wildman–Crippen MR) is 389 cm³/mol. The molecule has 2 unspecified atom stereocenters. The van der Waals surface area contributed by atoms with E-state index in [0.29, 0.717) is 17.4 Å². The normalized spacial score (nSPS) is 13.5. The SMILES string of the molecule is CC/C=C\C/C=C\C/C=C\C/C=C\C/C=C\C/C=C\C/C=C\C/C=C\C/C=C\C/C=C\CCCCCCC(=O)OC(COC(=O)CCCCCCCCCCCCCCCCCCCCC/C=C\CCCCCCCCCC)COC(OCC[N+](C)(C)C)C(=O)[O-]. The molecule has 0 aromatic carbocycles. The van der Waals surface area contributed by atoms with E-state index in [9.17, 15) is 19.5 Å². The number of carbonyl (C=O) groups excluding carboxylic acids is 3. The van der Waals surface area contributed by atoms with Crippen molar-refractivity contribution in [3.63, 3.8) is 0 Å². The number of aliphatic carboxylic acids is 1. The summed E-state index contributed by atoms with van der Waals surface area (Å²) in [7, 11) is 5.92. The first-order chi connectivity index (χ1) is 44.6. The molecule has 0 amide bonds. The van der Waals surface area contributed by atoms with Crippen molar-refractivity contribution >= 4 is 17.9 Å². The molecular weight excluding hydrogens is 1130 g/mol. The van der Waals surface area contributed by atoms with Crippen LogP contribution < -0.4 is 5.11 Å². The molecule has 2 atom stereocenters. The Balaban J connectivity index is 4.18. The van der Waals surface area contributed by atoms with Gasteiger partial charge in [0, 0.05) is 12.8 Å². The van der Waals surface area contributed by atoms with Crippen molar-refractivity contribution in [2.24, 2.45) is 0 Å². The Labute approximate surface area is 560 Å². The fourth-order valence-electron chi connectivity index (χ4n) is 10.2. The second kappa shape index (κ2) is 71.3. The van der Waals surface area contributed by atoms with Gasteiger partial charge in [-0.05, 0) is 116 Å². The number of quaternary nitrogens is 1. The third kappa shape index (κ3) is 72.7. The number of ether oxygens (including phenoxy) is 4. The van der Waals surface area contributed by atoms with Gasteiger partial charge >= 0.3 is 11.9 Å². The fraction of sp³-hybridized carbons (Fsp3) is 0.695. The minimum atomic E-state index is -1.64. The van der Waals surface area contributed by atoms with Crippen LogP contribution >= 0.6 is 0 Å². The molecule has 0 aliphatic heterocycles. The van der Waals surface area contributed by atoms with Crippen LogP contribution in [0, 0.1) is 0 Å². The second-order valence-electron chi connectivity index (χ2n) is 25.9. The van der Waals surface area contributed by atoms with Gasteiger partial charge < -0.3 is 33.3 Å². The maximum absolute atomic E-state index is 12.9. The molecule has 0 aliphatic carbocycles. The lowest BCUT2D eigenvalue weighted by Gasteiger charge is -2.26. The molecule has 0 fully saturated rings. The molecule has 0 spiro atoms. The van der Waals surface area contributed by atoms with Crippen molar-refractivity contribution < 1.29 is 42.9 Å². The smallest absolute Gasteiger partial charge is 0.306 e. The molecule has 0 aromatic rings. The number of carboxylic acid groups (broad SMARTS) is 1. The summed E-state index contributed by atoms with van der Waals surface area (Å²) in [5.74, 6) is -2.32. The highest BCUT2D eigenvalue weighted by Gasteiger charge is 2.22. The third-order valence-corrected chi connectivity index (χ3v) is 15.9. The quantitative estimate of drug-likeness (QED) is 0.0195. The summed E-state index contributed by atoms with van der Waals surface area (Å²) in [4.78, 5) is 37.5. The molecule has 0 aliphatic rings. The minimum Gasteiger partial charge on any atom is -0.545 e. The van der Waals surface area contributed by atoms with Crippen LogP contribution in [0.15, 0.2) is 134 Å². The van der Waals surface area contributed by atoms with E-state index in [1.54, 1.807) is 0 Å². The second-order valence-corrected chi connectivity index (χ2v) is 25.9. The Hall–Kier alpha value is -4.57. The Morgan fingerprint density at radius 2 is 0.626 bits per heavy atom. The first kappa shape index (κ1) is 86.4. The van der Waals surface area contributed by atoms with Crippen LogP contribution in [-0.4, -0.2) is 82.3 Å². The average molecular weight is 1270 g/mol. The average Bonchev–Trinajstić information content (AvgIpc) is 3.46. The summed E-state index contributed by atoms with van der Waals surface area (Å²) in [6.07, 6.45) is 99.8. The Morgan fingerprint density at radius 3 is 0.945 bits per heavy atom. The summed E-state index contributed by atoms with van der Waals surface area (Å²) in [6.45, 7) is 4.62. The zero-order valence-corrected chi connectivity index (χ0v) is 59.4. The number of carbonyl (C=O) groups is 3. The van der Waals surface area contributed by atoms with E-state index < -0.39 is 24.3 Å². The number of hydrogen-bond donors (Lipinski definition) is 0. The van der Waals surface area contributed by atoms with Crippen molar-refractivity contribution in [3.8, 4) is 0 Å². The van der Waals surface area contributed by atoms with Gasteiger partial charge in [-0.15, -0.1) is 0 Å². The number of unbranched alkanes of at least 4 members (excludes halogenated alkanes) is 31. The molecule has 9 heteroatoms. The van der Waals surface area contributed by atoms with Gasteiger partial charge in [0.25, 0.3) is 0 Å². The summed E-state index contributed by atoms with van der Waals surface area (Å²) in [6, 6.07) is 0. The van der Waals surface area contributed by atoms with Crippen LogP contribution in [-0.2, 0) is 33.3 Å². The fourth-order valence-corrected chi connectivity index (χ4v) is 10.2. The van der Waals surface area contributed by atoms with Crippen LogP contribution in [0.25, 0.3) is 0 Å². The van der Waals surface area contributed by atoms with Gasteiger partial charge in [-0.1, -0.05) is 314 Å². The van der Waals surface area contributed by atoms with Crippen molar-refractivity contribution in [3.05, 3.63) is 134 Å². The van der Waals surface area contributed by atoms with E-state index in [1.807, 2.05) is 21.1 Å². The molecule has 0 rings (SSSR count).